The quantitative estimate of drug-likeness (QED) is 0.862. The first-order valence-electron chi connectivity index (χ1n) is 7.13. The van der Waals surface area contributed by atoms with Gasteiger partial charge in [0, 0.05) is 37.4 Å². The van der Waals surface area contributed by atoms with Gasteiger partial charge in [0.25, 0.3) is 0 Å². The van der Waals surface area contributed by atoms with Gasteiger partial charge in [-0.15, -0.1) is 0 Å². The highest BCUT2D eigenvalue weighted by molar-refractivity contribution is 5.03. The molecule has 1 aromatic rings. The lowest BCUT2D eigenvalue weighted by Gasteiger charge is -2.38. The molecule has 0 aliphatic carbocycles. The predicted molar refractivity (Wildman–Crippen MR) is 75.6 cm³/mol. The summed E-state index contributed by atoms with van der Waals surface area (Å²) in [4.78, 5) is 6.99. The highest BCUT2D eigenvalue weighted by atomic mass is 15.1. The van der Waals surface area contributed by atoms with Crippen LogP contribution < -0.4 is 5.32 Å². The van der Waals surface area contributed by atoms with E-state index in [1.165, 1.54) is 31.6 Å². The Morgan fingerprint density at radius 1 is 1.44 bits per heavy atom. The Hall–Kier alpha value is -0.930. The first-order chi connectivity index (χ1) is 8.83. The summed E-state index contributed by atoms with van der Waals surface area (Å²) in [5.41, 5.74) is 1.21. The molecule has 100 valence electrons. The van der Waals surface area contributed by atoms with Crippen molar-refractivity contribution in [2.75, 3.05) is 26.7 Å². The van der Waals surface area contributed by atoms with Gasteiger partial charge in [-0.3, -0.25) is 4.98 Å². The second kappa shape index (κ2) is 6.86. The third-order valence-corrected chi connectivity index (χ3v) is 4.12. The first kappa shape index (κ1) is 13.5. The van der Waals surface area contributed by atoms with Crippen LogP contribution in [0.2, 0.25) is 0 Å². The van der Waals surface area contributed by atoms with E-state index in [0.29, 0.717) is 6.04 Å². The van der Waals surface area contributed by atoms with Gasteiger partial charge >= 0.3 is 0 Å². The minimum Gasteiger partial charge on any atom is -0.317 e. The number of hydrogen-bond acceptors (Lipinski definition) is 3. The van der Waals surface area contributed by atoms with Crippen molar-refractivity contribution in [3.05, 3.63) is 30.1 Å². The predicted octanol–water partition coefficient (Wildman–Crippen LogP) is 1.94. The molecule has 1 aromatic heterocycles. The summed E-state index contributed by atoms with van der Waals surface area (Å²) in [6.07, 6.45) is 5.50. The zero-order valence-electron chi connectivity index (χ0n) is 11.6. The molecule has 0 amide bonds. The van der Waals surface area contributed by atoms with E-state index in [2.05, 4.69) is 41.3 Å². The van der Waals surface area contributed by atoms with E-state index in [-0.39, 0.29) is 0 Å². The smallest absolute Gasteiger partial charge is 0.0416 e. The second-order valence-corrected chi connectivity index (χ2v) is 5.22. The molecule has 2 atom stereocenters. The largest absolute Gasteiger partial charge is 0.317 e. The topological polar surface area (TPSA) is 28.2 Å². The number of nitrogens with zero attached hydrogens (tertiary/aromatic N) is 2. The normalized spacial score (nSPS) is 25.2. The minimum atomic E-state index is 0.709. The second-order valence-electron chi connectivity index (χ2n) is 5.22. The summed E-state index contributed by atoms with van der Waals surface area (Å²) in [6.45, 7) is 5.89. The fourth-order valence-corrected chi connectivity index (χ4v) is 2.92. The average molecular weight is 247 g/mol. The minimum absolute atomic E-state index is 0.709. The molecule has 1 N–H and O–H groups in total. The van der Waals surface area contributed by atoms with Crippen LogP contribution in [0.25, 0.3) is 0 Å². The molecule has 0 bridgehead atoms. The van der Waals surface area contributed by atoms with Crippen molar-refractivity contribution < 1.29 is 0 Å². The van der Waals surface area contributed by atoms with E-state index in [1.54, 1.807) is 0 Å². The molecule has 3 nitrogen and oxygen atoms in total. The molecular formula is C15H25N3. The highest BCUT2D eigenvalue weighted by Crippen LogP contribution is 2.20. The van der Waals surface area contributed by atoms with Gasteiger partial charge in [-0.1, -0.05) is 19.4 Å². The lowest BCUT2D eigenvalue weighted by Crippen LogP contribution is -2.48. The fourth-order valence-electron chi connectivity index (χ4n) is 2.92. The van der Waals surface area contributed by atoms with Crippen molar-refractivity contribution in [1.29, 1.82) is 0 Å². The van der Waals surface area contributed by atoms with Crippen LogP contribution in [0.5, 0.6) is 0 Å². The maximum Gasteiger partial charge on any atom is 0.0416 e. The van der Waals surface area contributed by atoms with Crippen molar-refractivity contribution in [2.24, 2.45) is 5.92 Å². The number of piperidine rings is 1. The van der Waals surface area contributed by atoms with Gasteiger partial charge in [0.15, 0.2) is 0 Å². The van der Waals surface area contributed by atoms with Crippen molar-refractivity contribution in [1.82, 2.24) is 15.2 Å². The molecule has 2 rings (SSSR count). The van der Waals surface area contributed by atoms with Crippen molar-refractivity contribution in [3.63, 3.8) is 0 Å². The number of pyridine rings is 1. The average Bonchev–Trinajstić information content (AvgIpc) is 2.45. The Bertz CT molecular complexity index is 339. The molecule has 3 heteroatoms. The molecule has 1 fully saturated rings. The van der Waals surface area contributed by atoms with Crippen molar-refractivity contribution >= 4 is 0 Å². The monoisotopic (exact) mass is 247 g/mol. The number of nitrogens with one attached hydrogen (secondary N) is 1. The summed E-state index contributed by atoms with van der Waals surface area (Å²) in [7, 11) is 2.09. The summed E-state index contributed by atoms with van der Waals surface area (Å²) < 4.78 is 0. The maximum atomic E-state index is 4.39. The Labute approximate surface area is 111 Å². The zero-order valence-corrected chi connectivity index (χ0v) is 11.6. The molecule has 0 radical (unpaired) electrons. The first-order valence-corrected chi connectivity index (χ1v) is 7.13. The van der Waals surface area contributed by atoms with E-state index in [4.69, 9.17) is 0 Å². The van der Waals surface area contributed by atoms with E-state index in [1.807, 2.05) is 12.3 Å². The third-order valence-electron chi connectivity index (χ3n) is 4.12. The van der Waals surface area contributed by atoms with Crippen LogP contribution in [0.4, 0.5) is 0 Å². The van der Waals surface area contributed by atoms with E-state index in [0.717, 1.165) is 18.9 Å². The Kier molecular flexibility index (Phi) is 5.14. The van der Waals surface area contributed by atoms with Crippen LogP contribution in [0.15, 0.2) is 24.4 Å². The summed E-state index contributed by atoms with van der Waals surface area (Å²) in [5, 5.41) is 3.46. The highest BCUT2D eigenvalue weighted by Gasteiger charge is 2.26. The van der Waals surface area contributed by atoms with E-state index >= 15 is 0 Å². The molecule has 18 heavy (non-hydrogen) atoms. The molecule has 0 spiro atoms. The van der Waals surface area contributed by atoms with Gasteiger partial charge in [0.1, 0.15) is 0 Å². The molecular weight excluding hydrogens is 222 g/mol. The van der Waals surface area contributed by atoms with Crippen LogP contribution in [-0.2, 0) is 6.42 Å². The van der Waals surface area contributed by atoms with Crippen LogP contribution >= 0.6 is 0 Å². The van der Waals surface area contributed by atoms with Crippen LogP contribution in [0.3, 0.4) is 0 Å². The van der Waals surface area contributed by atoms with E-state index < -0.39 is 0 Å². The van der Waals surface area contributed by atoms with Crippen LogP contribution in [-0.4, -0.2) is 42.6 Å². The molecule has 2 unspecified atom stereocenters. The Balaban J connectivity index is 1.81. The molecule has 1 aliphatic rings. The van der Waals surface area contributed by atoms with Crippen LogP contribution in [0, 0.1) is 5.92 Å². The van der Waals surface area contributed by atoms with E-state index in [9.17, 15) is 0 Å². The van der Waals surface area contributed by atoms with Gasteiger partial charge in [0.2, 0.25) is 0 Å². The Morgan fingerprint density at radius 2 is 2.33 bits per heavy atom. The van der Waals surface area contributed by atoms with Gasteiger partial charge in [-0.2, -0.15) is 0 Å². The molecule has 0 aromatic carbocycles. The van der Waals surface area contributed by atoms with Crippen LogP contribution in [0.1, 0.15) is 25.5 Å². The van der Waals surface area contributed by atoms with Gasteiger partial charge in [0.05, 0.1) is 0 Å². The molecule has 2 heterocycles. The van der Waals surface area contributed by atoms with Gasteiger partial charge in [-0.05, 0) is 38.1 Å². The maximum absolute atomic E-state index is 4.39. The number of aromatic nitrogens is 1. The summed E-state index contributed by atoms with van der Waals surface area (Å²) in [6, 6.07) is 6.89. The van der Waals surface area contributed by atoms with Gasteiger partial charge < -0.3 is 10.2 Å². The van der Waals surface area contributed by atoms with Gasteiger partial charge in [-0.25, -0.2) is 0 Å². The lowest BCUT2D eigenvalue weighted by molar-refractivity contribution is 0.140. The number of likely N-dealkylation sites (tertiary alicyclic amines) is 1. The number of rotatable bonds is 5. The van der Waals surface area contributed by atoms with Crippen molar-refractivity contribution in [3.8, 4) is 0 Å². The standard InChI is InChI=1S/C15H25N3/c1-3-13-12-18(11-8-15(13)16-2)10-7-14-6-4-5-9-17-14/h4-6,9,13,15-16H,3,7-8,10-12H2,1-2H3. The zero-order chi connectivity index (χ0) is 12.8. The molecule has 0 saturated carbocycles. The summed E-state index contributed by atoms with van der Waals surface area (Å²) in [5.74, 6) is 0.799. The number of hydrogen-bond donors (Lipinski definition) is 1. The fraction of sp³-hybridized carbons (Fsp3) is 0.667. The molecule has 1 saturated heterocycles. The SMILES string of the molecule is CCC1CN(CCc2ccccn2)CCC1NC. The Morgan fingerprint density at radius 3 is 3.00 bits per heavy atom. The third kappa shape index (κ3) is 3.53. The molecule has 1 aliphatic heterocycles. The summed E-state index contributed by atoms with van der Waals surface area (Å²) >= 11 is 0. The van der Waals surface area contributed by atoms with Crippen molar-refractivity contribution in [2.45, 2.75) is 32.2 Å². The lowest BCUT2D eigenvalue weighted by atomic mass is 9.90.